The number of nitrogens with one attached hydrogen (secondary N) is 1. The molecule has 2 aromatic rings. The number of rotatable bonds is 4. The molecule has 2 rings (SSSR count). The standard InChI is InChI=1S/C14H16N4O2/c1-18(2)11-6-4-10(5-7-11)16-13-9-15-8-12(17-13)14(19)20-3/h4-9H,1-3H3,(H,16,17). The molecule has 20 heavy (non-hydrogen) atoms. The van der Waals surface area contributed by atoms with E-state index in [-0.39, 0.29) is 5.69 Å². The summed E-state index contributed by atoms with van der Waals surface area (Å²) in [5.41, 5.74) is 2.14. The van der Waals surface area contributed by atoms with Crippen LogP contribution in [0.2, 0.25) is 0 Å². The first-order valence-electron chi connectivity index (χ1n) is 6.05. The van der Waals surface area contributed by atoms with Crippen molar-refractivity contribution < 1.29 is 9.53 Å². The van der Waals surface area contributed by atoms with Gasteiger partial charge in [0.2, 0.25) is 0 Å². The molecule has 6 nitrogen and oxygen atoms in total. The number of carbonyl (C=O) groups excluding carboxylic acids is 1. The van der Waals surface area contributed by atoms with Crippen LogP contribution in [0.25, 0.3) is 0 Å². The third-order valence-corrected chi connectivity index (χ3v) is 2.69. The monoisotopic (exact) mass is 272 g/mol. The van der Waals surface area contributed by atoms with Crippen LogP contribution in [0.1, 0.15) is 10.5 Å². The summed E-state index contributed by atoms with van der Waals surface area (Å²) in [5.74, 6) is -0.0189. The minimum atomic E-state index is -0.510. The molecule has 104 valence electrons. The second-order valence-corrected chi connectivity index (χ2v) is 4.35. The summed E-state index contributed by atoms with van der Waals surface area (Å²) in [7, 11) is 5.27. The molecule has 0 radical (unpaired) electrons. The van der Waals surface area contributed by atoms with Crippen LogP contribution < -0.4 is 10.2 Å². The maximum atomic E-state index is 11.4. The zero-order chi connectivity index (χ0) is 14.5. The zero-order valence-electron chi connectivity index (χ0n) is 11.6. The van der Waals surface area contributed by atoms with E-state index in [2.05, 4.69) is 20.0 Å². The van der Waals surface area contributed by atoms with Crippen LogP contribution in [0.5, 0.6) is 0 Å². The Morgan fingerprint density at radius 3 is 2.50 bits per heavy atom. The molecule has 0 fully saturated rings. The van der Waals surface area contributed by atoms with Gasteiger partial charge in [0.05, 0.1) is 19.5 Å². The average molecular weight is 272 g/mol. The highest BCUT2D eigenvalue weighted by molar-refractivity contribution is 5.87. The smallest absolute Gasteiger partial charge is 0.358 e. The lowest BCUT2D eigenvalue weighted by molar-refractivity contribution is 0.0593. The Hall–Kier alpha value is -2.63. The molecule has 1 N–H and O–H groups in total. The van der Waals surface area contributed by atoms with E-state index in [0.29, 0.717) is 5.82 Å². The Labute approximate surface area is 117 Å². The molecule has 0 aliphatic rings. The summed E-state index contributed by atoms with van der Waals surface area (Å²) in [6.45, 7) is 0. The quantitative estimate of drug-likeness (QED) is 0.859. The van der Waals surface area contributed by atoms with E-state index < -0.39 is 5.97 Å². The van der Waals surface area contributed by atoms with Gasteiger partial charge in [-0.15, -0.1) is 0 Å². The summed E-state index contributed by atoms with van der Waals surface area (Å²) < 4.78 is 4.61. The number of hydrogen-bond acceptors (Lipinski definition) is 6. The maximum absolute atomic E-state index is 11.4. The van der Waals surface area contributed by atoms with Gasteiger partial charge in [-0.2, -0.15) is 0 Å². The lowest BCUT2D eigenvalue weighted by Gasteiger charge is -2.13. The first kappa shape index (κ1) is 13.8. The lowest BCUT2D eigenvalue weighted by Crippen LogP contribution is -2.08. The fraction of sp³-hybridized carbons (Fsp3) is 0.214. The number of hydrogen-bond donors (Lipinski definition) is 1. The summed E-state index contributed by atoms with van der Waals surface area (Å²) in [6, 6.07) is 7.84. The van der Waals surface area contributed by atoms with E-state index in [1.807, 2.05) is 43.3 Å². The Balaban J connectivity index is 2.15. The SMILES string of the molecule is COC(=O)c1cncc(Nc2ccc(N(C)C)cc2)n1. The highest BCUT2D eigenvalue weighted by atomic mass is 16.5. The van der Waals surface area contributed by atoms with E-state index >= 15 is 0 Å². The molecule has 0 bridgehead atoms. The molecule has 1 heterocycles. The molecule has 0 amide bonds. The van der Waals surface area contributed by atoms with Gasteiger partial charge in [-0.1, -0.05) is 0 Å². The molecule has 0 saturated heterocycles. The Morgan fingerprint density at radius 1 is 1.20 bits per heavy atom. The van der Waals surface area contributed by atoms with Gasteiger partial charge < -0.3 is 15.0 Å². The lowest BCUT2D eigenvalue weighted by atomic mass is 10.2. The molecule has 0 atom stereocenters. The molecular formula is C14H16N4O2. The Morgan fingerprint density at radius 2 is 1.90 bits per heavy atom. The molecule has 0 aliphatic carbocycles. The van der Waals surface area contributed by atoms with Gasteiger partial charge in [-0.25, -0.2) is 9.78 Å². The second kappa shape index (κ2) is 6.01. The summed E-state index contributed by atoms with van der Waals surface area (Å²) in [6.07, 6.45) is 2.92. The van der Waals surface area contributed by atoms with Crippen molar-refractivity contribution in [1.82, 2.24) is 9.97 Å². The van der Waals surface area contributed by atoms with Gasteiger partial charge in [0.25, 0.3) is 0 Å². The molecule has 0 aliphatic heterocycles. The second-order valence-electron chi connectivity index (χ2n) is 4.35. The van der Waals surface area contributed by atoms with Gasteiger partial charge in [0, 0.05) is 25.5 Å². The van der Waals surface area contributed by atoms with Crippen LogP contribution in [0.4, 0.5) is 17.2 Å². The minimum absolute atomic E-state index is 0.169. The first-order valence-corrected chi connectivity index (χ1v) is 6.05. The topological polar surface area (TPSA) is 67.3 Å². The Bertz CT molecular complexity index is 596. The van der Waals surface area contributed by atoms with Crippen molar-refractivity contribution in [2.24, 2.45) is 0 Å². The van der Waals surface area contributed by atoms with Gasteiger partial charge >= 0.3 is 5.97 Å². The number of esters is 1. The van der Waals surface area contributed by atoms with E-state index in [1.54, 1.807) is 6.20 Å². The van der Waals surface area contributed by atoms with E-state index in [4.69, 9.17) is 0 Å². The van der Waals surface area contributed by atoms with Gasteiger partial charge in [-0.05, 0) is 24.3 Å². The molecule has 0 unspecified atom stereocenters. The van der Waals surface area contributed by atoms with E-state index in [1.165, 1.54) is 13.3 Å². The largest absolute Gasteiger partial charge is 0.464 e. The maximum Gasteiger partial charge on any atom is 0.358 e. The number of benzene rings is 1. The first-order chi connectivity index (χ1) is 9.60. The fourth-order valence-electron chi connectivity index (χ4n) is 1.62. The van der Waals surface area contributed by atoms with E-state index in [0.717, 1.165) is 11.4 Å². The van der Waals surface area contributed by atoms with E-state index in [9.17, 15) is 4.79 Å². The Kier molecular flexibility index (Phi) is 4.14. The van der Waals surface area contributed by atoms with Crippen LogP contribution in [0, 0.1) is 0 Å². The summed E-state index contributed by atoms with van der Waals surface area (Å²) in [4.78, 5) is 21.5. The third-order valence-electron chi connectivity index (χ3n) is 2.69. The molecule has 6 heteroatoms. The summed E-state index contributed by atoms with van der Waals surface area (Å²) >= 11 is 0. The minimum Gasteiger partial charge on any atom is -0.464 e. The molecule has 0 spiro atoms. The zero-order valence-corrected chi connectivity index (χ0v) is 11.6. The van der Waals surface area contributed by atoms with Crippen LogP contribution in [-0.4, -0.2) is 37.1 Å². The molecule has 0 saturated carbocycles. The molecule has 1 aromatic carbocycles. The van der Waals surface area contributed by atoms with Gasteiger partial charge in [-0.3, -0.25) is 4.98 Å². The summed E-state index contributed by atoms with van der Waals surface area (Å²) in [5, 5.41) is 3.09. The highest BCUT2D eigenvalue weighted by Crippen LogP contribution is 2.18. The van der Waals surface area contributed by atoms with Crippen molar-refractivity contribution in [2.45, 2.75) is 0 Å². The van der Waals surface area contributed by atoms with Gasteiger partial charge in [0.15, 0.2) is 5.69 Å². The number of anilines is 3. The number of aromatic nitrogens is 2. The van der Waals surface area contributed by atoms with Crippen LogP contribution in [-0.2, 0) is 4.74 Å². The van der Waals surface area contributed by atoms with Crippen LogP contribution >= 0.6 is 0 Å². The average Bonchev–Trinajstić information content (AvgIpc) is 2.47. The van der Waals surface area contributed by atoms with Crippen molar-refractivity contribution in [1.29, 1.82) is 0 Å². The third kappa shape index (κ3) is 3.23. The normalized spacial score (nSPS) is 9.95. The number of nitrogens with zero attached hydrogens (tertiary/aromatic N) is 3. The van der Waals surface area contributed by atoms with Crippen molar-refractivity contribution in [3.05, 3.63) is 42.4 Å². The fourth-order valence-corrected chi connectivity index (χ4v) is 1.62. The van der Waals surface area contributed by atoms with Crippen LogP contribution in [0.3, 0.4) is 0 Å². The molecular weight excluding hydrogens is 256 g/mol. The number of methoxy groups -OCH3 is 1. The number of carbonyl (C=O) groups is 1. The molecule has 1 aromatic heterocycles. The van der Waals surface area contributed by atoms with Crippen molar-refractivity contribution >= 4 is 23.2 Å². The van der Waals surface area contributed by atoms with Gasteiger partial charge in [0.1, 0.15) is 5.82 Å². The van der Waals surface area contributed by atoms with Crippen molar-refractivity contribution in [3.63, 3.8) is 0 Å². The van der Waals surface area contributed by atoms with Crippen LogP contribution in [0.15, 0.2) is 36.7 Å². The predicted octanol–water partition coefficient (Wildman–Crippen LogP) is 2.07. The number of ether oxygens (including phenoxy) is 1. The van der Waals surface area contributed by atoms with Crippen molar-refractivity contribution in [2.75, 3.05) is 31.4 Å². The van der Waals surface area contributed by atoms with Crippen molar-refractivity contribution in [3.8, 4) is 0 Å². The predicted molar refractivity (Wildman–Crippen MR) is 77.4 cm³/mol. The highest BCUT2D eigenvalue weighted by Gasteiger charge is 2.08.